The molecule has 100 valence electrons. The second-order valence-corrected chi connectivity index (χ2v) is 6.22. The number of aromatic nitrogens is 3. The molecule has 0 saturated carbocycles. The Morgan fingerprint density at radius 1 is 1.16 bits per heavy atom. The highest BCUT2D eigenvalue weighted by atomic mass is 32.1. The summed E-state index contributed by atoms with van der Waals surface area (Å²) < 4.78 is 2.19. The maximum absolute atomic E-state index is 5.52. The molecule has 3 aromatic heterocycles. The zero-order valence-corrected chi connectivity index (χ0v) is 12.2. The van der Waals surface area contributed by atoms with Crippen molar-refractivity contribution < 1.29 is 0 Å². The van der Waals surface area contributed by atoms with Crippen LogP contribution in [-0.4, -0.2) is 21.1 Å². The van der Waals surface area contributed by atoms with Crippen LogP contribution in [0.5, 0.6) is 0 Å². The molecule has 0 aliphatic rings. The Bertz CT molecular complexity index is 639. The molecule has 3 heterocycles. The molecule has 3 rings (SSSR count). The Morgan fingerprint density at radius 3 is 2.89 bits per heavy atom. The number of aryl methyl sites for hydroxylation is 1. The van der Waals surface area contributed by atoms with Crippen molar-refractivity contribution in [1.82, 2.24) is 14.6 Å². The molecular weight excluding hydrogens is 276 g/mol. The van der Waals surface area contributed by atoms with E-state index in [2.05, 4.69) is 37.5 Å². The second-order valence-electron chi connectivity index (χ2n) is 4.43. The van der Waals surface area contributed by atoms with Crippen molar-refractivity contribution in [1.29, 1.82) is 0 Å². The zero-order valence-electron chi connectivity index (χ0n) is 10.6. The number of unbranched alkanes of at least 4 members (excludes halogenated alkanes) is 2. The minimum absolute atomic E-state index is 0.772. The van der Waals surface area contributed by atoms with E-state index in [1.165, 1.54) is 10.6 Å². The number of nitrogens with zero attached hydrogens (tertiary/aromatic N) is 3. The monoisotopic (exact) mass is 292 g/mol. The molecule has 3 aromatic rings. The van der Waals surface area contributed by atoms with Crippen molar-refractivity contribution in [3.8, 4) is 10.6 Å². The molecule has 4 nitrogen and oxygen atoms in total. The van der Waals surface area contributed by atoms with Crippen molar-refractivity contribution in [3.63, 3.8) is 0 Å². The second kappa shape index (κ2) is 5.81. The van der Waals surface area contributed by atoms with Gasteiger partial charge in [0.1, 0.15) is 5.82 Å². The number of thiazole rings is 1. The highest BCUT2D eigenvalue weighted by Gasteiger charge is 2.13. The first-order valence-electron chi connectivity index (χ1n) is 6.45. The van der Waals surface area contributed by atoms with Gasteiger partial charge in [0, 0.05) is 11.8 Å². The molecule has 0 atom stereocenters. The van der Waals surface area contributed by atoms with E-state index in [1.54, 1.807) is 22.7 Å². The lowest BCUT2D eigenvalue weighted by atomic mass is 10.2. The first-order valence-corrected chi connectivity index (χ1v) is 8.21. The lowest BCUT2D eigenvalue weighted by molar-refractivity contribution is 0.666. The topological polar surface area (TPSA) is 56.2 Å². The van der Waals surface area contributed by atoms with Gasteiger partial charge in [-0.25, -0.2) is 0 Å². The van der Waals surface area contributed by atoms with Crippen LogP contribution in [0, 0.1) is 0 Å². The average Bonchev–Trinajstić information content (AvgIpc) is 3.12. The number of fused-ring (bicyclic) bond motifs is 1. The third-order valence-electron chi connectivity index (χ3n) is 3.10. The fraction of sp³-hybridized carbons (Fsp3) is 0.385. The molecule has 0 radical (unpaired) electrons. The van der Waals surface area contributed by atoms with E-state index < -0.39 is 0 Å². The van der Waals surface area contributed by atoms with Crippen LogP contribution in [0.2, 0.25) is 0 Å². The Labute approximate surface area is 119 Å². The zero-order chi connectivity index (χ0) is 13.1. The summed E-state index contributed by atoms with van der Waals surface area (Å²) in [5, 5.41) is 12.8. The van der Waals surface area contributed by atoms with Crippen molar-refractivity contribution in [2.24, 2.45) is 5.73 Å². The molecule has 0 bridgehead atoms. The number of hydrogen-bond acceptors (Lipinski definition) is 5. The quantitative estimate of drug-likeness (QED) is 0.710. The molecule has 0 amide bonds. The SMILES string of the molecule is NCCCCCc1nnc2scc(-c3cccs3)n12. The fourth-order valence-corrected chi connectivity index (χ4v) is 3.79. The standard InChI is InChI=1S/C13H16N4S2/c14-7-3-1-2-6-12-15-16-13-17(12)10(9-19-13)11-5-4-8-18-11/h4-5,8-9H,1-3,6-7,14H2. The van der Waals surface area contributed by atoms with Gasteiger partial charge in [0.25, 0.3) is 0 Å². The molecule has 6 heteroatoms. The van der Waals surface area contributed by atoms with Crippen molar-refractivity contribution >= 4 is 27.6 Å². The largest absolute Gasteiger partial charge is 0.330 e. The maximum Gasteiger partial charge on any atom is 0.216 e. The Hall–Kier alpha value is -1.24. The number of hydrogen-bond donors (Lipinski definition) is 1. The minimum atomic E-state index is 0.772. The van der Waals surface area contributed by atoms with Gasteiger partial charge in [0.05, 0.1) is 10.6 Å². The van der Waals surface area contributed by atoms with E-state index in [9.17, 15) is 0 Å². The molecule has 0 aromatic carbocycles. The highest BCUT2D eigenvalue weighted by molar-refractivity contribution is 7.16. The van der Waals surface area contributed by atoms with Crippen molar-refractivity contribution in [2.45, 2.75) is 25.7 Å². The number of thiophene rings is 1. The van der Waals surface area contributed by atoms with Crippen molar-refractivity contribution in [2.75, 3.05) is 6.54 Å². The molecule has 0 saturated heterocycles. The minimum Gasteiger partial charge on any atom is -0.330 e. The van der Waals surface area contributed by atoms with Crippen LogP contribution >= 0.6 is 22.7 Å². The van der Waals surface area contributed by atoms with Gasteiger partial charge in [-0.2, -0.15) is 0 Å². The Morgan fingerprint density at radius 2 is 2.11 bits per heavy atom. The third kappa shape index (κ3) is 2.56. The summed E-state index contributed by atoms with van der Waals surface area (Å²) in [7, 11) is 0. The normalized spacial score (nSPS) is 11.4. The van der Waals surface area contributed by atoms with Gasteiger partial charge >= 0.3 is 0 Å². The fourth-order valence-electron chi connectivity index (χ4n) is 2.14. The molecule has 0 unspecified atom stereocenters. The number of nitrogens with two attached hydrogens (primary N) is 1. The lowest BCUT2D eigenvalue weighted by Gasteiger charge is -2.01. The predicted octanol–water partition coefficient (Wildman–Crippen LogP) is 3.19. The lowest BCUT2D eigenvalue weighted by Crippen LogP contribution is -2.00. The van der Waals surface area contributed by atoms with Gasteiger partial charge in [0.2, 0.25) is 4.96 Å². The van der Waals surface area contributed by atoms with Gasteiger partial charge in [-0.15, -0.1) is 32.9 Å². The summed E-state index contributed by atoms with van der Waals surface area (Å²) >= 11 is 3.41. The maximum atomic E-state index is 5.52. The van der Waals surface area contributed by atoms with Crippen LogP contribution in [-0.2, 0) is 6.42 Å². The molecule has 0 aliphatic heterocycles. The van der Waals surface area contributed by atoms with E-state index in [0.717, 1.165) is 43.0 Å². The summed E-state index contributed by atoms with van der Waals surface area (Å²) in [6, 6.07) is 4.22. The van der Waals surface area contributed by atoms with Crippen LogP contribution < -0.4 is 5.73 Å². The third-order valence-corrected chi connectivity index (χ3v) is 4.80. The summed E-state index contributed by atoms with van der Waals surface area (Å²) in [4.78, 5) is 2.26. The average molecular weight is 292 g/mol. The highest BCUT2D eigenvalue weighted by Crippen LogP contribution is 2.30. The van der Waals surface area contributed by atoms with Crippen LogP contribution in [0.4, 0.5) is 0 Å². The molecule has 0 spiro atoms. The summed E-state index contributed by atoms with van der Waals surface area (Å²) in [6.07, 6.45) is 4.33. The smallest absolute Gasteiger partial charge is 0.216 e. The van der Waals surface area contributed by atoms with Crippen molar-refractivity contribution in [3.05, 3.63) is 28.7 Å². The van der Waals surface area contributed by atoms with Gasteiger partial charge in [-0.1, -0.05) is 12.5 Å². The van der Waals surface area contributed by atoms with Crippen LogP contribution in [0.15, 0.2) is 22.9 Å². The van der Waals surface area contributed by atoms with E-state index in [4.69, 9.17) is 5.73 Å². The molecule has 0 aliphatic carbocycles. The van der Waals surface area contributed by atoms with Crippen LogP contribution in [0.25, 0.3) is 15.5 Å². The predicted molar refractivity (Wildman–Crippen MR) is 80.8 cm³/mol. The van der Waals surface area contributed by atoms with Gasteiger partial charge in [-0.05, 0) is 30.8 Å². The molecule has 2 N–H and O–H groups in total. The number of rotatable bonds is 6. The molecular formula is C13H16N4S2. The Balaban J connectivity index is 1.86. The molecule has 19 heavy (non-hydrogen) atoms. The summed E-state index contributed by atoms with van der Waals surface area (Å²) in [5.74, 6) is 1.07. The van der Waals surface area contributed by atoms with Gasteiger partial charge < -0.3 is 5.73 Å². The van der Waals surface area contributed by atoms with E-state index in [-0.39, 0.29) is 0 Å². The van der Waals surface area contributed by atoms with E-state index in [1.807, 2.05) is 0 Å². The molecule has 0 fully saturated rings. The van der Waals surface area contributed by atoms with Gasteiger partial charge in [0.15, 0.2) is 0 Å². The Kier molecular flexibility index (Phi) is 3.91. The van der Waals surface area contributed by atoms with E-state index >= 15 is 0 Å². The summed E-state index contributed by atoms with van der Waals surface area (Å²) in [5.41, 5.74) is 6.74. The van der Waals surface area contributed by atoms with Gasteiger partial charge in [-0.3, -0.25) is 4.40 Å². The summed E-state index contributed by atoms with van der Waals surface area (Å²) in [6.45, 7) is 0.772. The first-order chi connectivity index (χ1) is 9.40. The van der Waals surface area contributed by atoms with E-state index in [0.29, 0.717) is 0 Å². The first kappa shape index (κ1) is 12.8. The van der Waals surface area contributed by atoms with Crippen LogP contribution in [0.1, 0.15) is 25.1 Å². The van der Waals surface area contributed by atoms with Crippen LogP contribution in [0.3, 0.4) is 0 Å².